The number of rotatable bonds is 3. The molecule has 1 aliphatic heterocycles. The van der Waals surface area contributed by atoms with Gasteiger partial charge >= 0.3 is 10.5 Å². The summed E-state index contributed by atoms with van der Waals surface area (Å²) in [6.45, 7) is 4.60. The molecule has 116 valence electrons. The van der Waals surface area contributed by atoms with E-state index in [9.17, 15) is 17.1 Å². The van der Waals surface area contributed by atoms with Crippen LogP contribution in [0.2, 0.25) is 0 Å². The van der Waals surface area contributed by atoms with Crippen LogP contribution in [0.3, 0.4) is 0 Å². The maximum absolute atomic E-state index is 12.5. The monoisotopic (exact) mass is 334 g/mol. The Hall–Kier alpha value is -1.35. The van der Waals surface area contributed by atoms with Crippen LogP contribution in [0.5, 0.6) is 5.75 Å². The molecule has 0 bridgehead atoms. The fraction of sp³-hybridized carbons (Fsp3) is 0.500. The molecule has 1 fully saturated rings. The Morgan fingerprint density at radius 2 is 2.19 bits per heavy atom. The lowest BCUT2D eigenvalue weighted by atomic mass is 10.1. The lowest BCUT2D eigenvalue weighted by Gasteiger charge is -2.37. The van der Waals surface area contributed by atoms with Crippen LogP contribution in [-0.2, 0) is 10.5 Å². The highest BCUT2D eigenvalue weighted by Crippen LogP contribution is 2.26. The summed E-state index contributed by atoms with van der Waals surface area (Å²) in [7, 11) is -5.13. The third-order valence-electron chi connectivity index (χ3n) is 3.30. The quantitative estimate of drug-likeness (QED) is 0.782. The summed E-state index contributed by atoms with van der Waals surface area (Å²) >= 11 is 1.79. The van der Waals surface area contributed by atoms with Gasteiger partial charge in [-0.3, -0.25) is 9.78 Å². The van der Waals surface area contributed by atoms with Gasteiger partial charge in [0.15, 0.2) is 5.75 Å². The summed E-state index contributed by atoms with van der Waals surface area (Å²) in [5, 5.41) is 0.307. The lowest BCUT2D eigenvalue weighted by molar-refractivity contribution is 0.0697. The summed E-state index contributed by atoms with van der Waals surface area (Å²) in [5.41, 5.74) is 0.169. The van der Waals surface area contributed by atoms with Crippen molar-refractivity contribution in [1.29, 1.82) is 0 Å². The molecule has 0 spiro atoms. The Balaban J connectivity index is 2.21. The first-order valence-corrected chi connectivity index (χ1v) is 8.65. The van der Waals surface area contributed by atoms with Gasteiger partial charge in [-0.1, -0.05) is 10.8 Å². The second-order valence-corrected chi connectivity index (χ2v) is 7.14. The van der Waals surface area contributed by atoms with Gasteiger partial charge in [-0.15, -0.1) is 0 Å². The van der Waals surface area contributed by atoms with E-state index in [1.807, 2.05) is 13.8 Å². The summed E-state index contributed by atoms with van der Waals surface area (Å²) < 4.78 is 37.5. The van der Waals surface area contributed by atoms with Crippen molar-refractivity contribution in [3.8, 4) is 5.75 Å². The molecule has 0 radical (unpaired) electrons. The Bertz CT molecular complexity index is 638. The largest absolute Gasteiger partial charge is 0.488 e. The highest BCUT2D eigenvalue weighted by molar-refractivity contribution is 8.00. The Labute approximate surface area is 127 Å². The van der Waals surface area contributed by atoms with Crippen molar-refractivity contribution in [3.05, 3.63) is 24.0 Å². The van der Waals surface area contributed by atoms with Crippen molar-refractivity contribution < 1.29 is 21.3 Å². The topological polar surface area (TPSA) is 76.6 Å². The van der Waals surface area contributed by atoms with Gasteiger partial charge in [0.2, 0.25) is 0 Å². The fourth-order valence-corrected chi connectivity index (χ4v) is 3.50. The SMILES string of the molecule is CC1SCCN(C(=O)c2cncc(OS(=O)(=O)F)c2)C1C. The molecule has 2 atom stereocenters. The first-order chi connectivity index (χ1) is 9.78. The van der Waals surface area contributed by atoms with Crippen LogP contribution in [0.4, 0.5) is 3.89 Å². The van der Waals surface area contributed by atoms with Crippen LogP contribution in [0.25, 0.3) is 0 Å². The maximum Gasteiger partial charge on any atom is 0.488 e. The molecule has 0 saturated carbocycles. The Kier molecular flexibility index (Phi) is 4.72. The number of nitrogens with zero attached hydrogens (tertiary/aromatic N) is 2. The van der Waals surface area contributed by atoms with Crippen molar-refractivity contribution in [2.45, 2.75) is 25.1 Å². The van der Waals surface area contributed by atoms with Gasteiger partial charge < -0.3 is 9.08 Å². The van der Waals surface area contributed by atoms with Gasteiger partial charge in [0.25, 0.3) is 5.91 Å². The van der Waals surface area contributed by atoms with Crippen LogP contribution < -0.4 is 4.18 Å². The zero-order valence-corrected chi connectivity index (χ0v) is 13.2. The van der Waals surface area contributed by atoms with E-state index in [4.69, 9.17) is 0 Å². The van der Waals surface area contributed by atoms with Crippen molar-refractivity contribution >= 4 is 28.2 Å². The van der Waals surface area contributed by atoms with E-state index >= 15 is 0 Å². The van der Waals surface area contributed by atoms with Crippen molar-refractivity contribution in [2.24, 2.45) is 0 Å². The summed E-state index contributed by atoms with van der Waals surface area (Å²) in [6, 6.07) is 1.22. The fourth-order valence-electron chi connectivity index (χ4n) is 2.08. The molecule has 1 amide bonds. The van der Waals surface area contributed by atoms with Crippen molar-refractivity contribution in [2.75, 3.05) is 12.3 Å². The average Bonchev–Trinajstić information content (AvgIpc) is 2.39. The first kappa shape index (κ1) is 16.0. The predicted molar refractivity (Wildman–Crippen MR) is 77.3 cm³/mol. The van der Waals surface area contributed by atoms with E-state index in [-0.39, 0.29) is 23.3 Å². The molecule has 0 N–H and O–H groups in total. The number of hydrogen-bond acceptors (Lipinski definition) is 6. The van der Waals surface area contributed by atoms with Crippen LogP contribution in [0.1, 0.15) is 24.2 Å². The van der Waals surface area contributed by atoms with Crippen LogP contribution in [0, 0.1) is 0 Å². The van der Waals surface area contributed by atoms with Gasteiger partial charge in [-0.25, -0.2) is 0 Å². The smallest absolute Gasteiger partial charge is 0.357 e. The number of aromatic nitrogens is 1. The average molecular weight is 334 g/mol. The molecule has 9 heteroatoms. The summed E-state index contributed by atoms with van der Waals surface area (Å²) in [5.74, 6) is 0.235. The molecule has 21 heavy (non-hydrogen) atoms. The standard InChI is InChI=1S/C12H15FN2O4S2/c1-8-9(2)20-4-3-15(8)12(16)10-5-11(7-14-6-10)19-21(13,17)18/h5-9H,3-4H2,1-2H3. The number of thioether (sulfide) groups is 1. The van der Waals surface area contributed by atoms with E-state index in [1.165, 1.54) is 12.3 Å². The number of carbonyl (C=O) groups excluding carboxylic acids is 1. The molecule has 2 unspecified atom stereocenters. The van der Waals surface area contributed by atoms with Crippen LogP contribution in [0.15, 0.2) is 18.5 Å². The molecular weight excluding hydrogens is 319 g/mol. The molecule has 1 aromatic rings. The van der Waals surface area contributed by atoms with Crippen LogP contribution in [-0.4, -0.2) is 47.8 Å². The first-order valence-electron chi connectivity index (χ1n) is 6.29. The number of amides is 1. The van der Waals surface area contributed by atoms with Gasteiger partial charge in [-0.2, -0.15) is 20.2 Å². The lowest BCUT2D eigenvalue weighted by Crippen LogP contribution is -2.48. The molecule has 1 aromatic heterocycles. The molecule has 1 aliphatic rings. The number of pyridine rings is 1. The van der Waals surface area contributed by atoms with Gasteiger partial charge in [0, 0.05) is 29.8 Å². The number of carbonyl (C=O) groups is 1. The summed E-state index contributed by atoms with van der Waals surface area (Å²) in [4.78, 5) is 17.9. The normalized spacial score (nSPS) is 22.9. The third-order valence-corrected chi connectivity index (χ3v) is 5.03. The second-order valence-electron chi connectivity index (χ2n) is 4.70. The number of hydrogen-bond donors (Lipinski definition) is 0. The molecule has 6 nitrogen and oxygen atoms in total. The predicted octanol–water partition coefficient (Wildman–Crippen LogP) is 1.64. The molecular formula is C12H15FN2O4S2. The van der Waals surface area contributed by atoms with Gasteiger partial charge in [0.1, 0.15) is 0 Å². The van der Waals surface area contributed by atoms with E-state index < -0.39 is 10.5 Å². The number of halogens is 1. The Morgan fingerprint density at radius 3 is 2.86 bits per heavy atom. The minimum atomic E-state index is -5.13. The van der Waals surface area contributed by atoms with E-state index in [0.717, 1.165) is 11.9 Å². The van der Waals surface area contributed by atoms with E-state index in [0.29, 0.717) is 11.8 Å². The third kappa shape index (κ3) is 4.07. The second kappa shape index (κ2) is 6.18. The van der Waals surface area contributed by atoms with Crippen molar-refractivity contribution in [1.82, 2.24) is 9.88 Å². The molecule has 0 aromatic carbocycles. The highest BCUT2D eigenvalue weighted by Gasteiger charge is 2.29. The van der Waals surface area contributed by atoms with Gasteiger partial charge in [-0.05, 0) is 13.0 Å². The molecule has 0 aliphatic carbocycles. The minimum absolute atomic E-state index is 0.0470. The van der Waals surface area contributed by atoms with Crippen LogP contribution >= 0.6 is 11.8 Å². The highest BCUT2D eigenvalue weighted by atomic mass is 32.3. The zero-order chi connectivity index (χ0) is 15.6. The van der Waals surface area contributed by atoms with Gasteiger partial charge in [0.05, 0.1) is 11.8 Å². The molecule has 1 saturated heterocycles. The van der Waals surface area contributed by atoms with E-state index in [1.54, 1.807) is 16.7 Å². The Morgan fingerprint density at radius 1 is 1.48 bits per heavy atom. The summed E-state index contributed by atoms with van der Waals surface area (Å²) in [6.07, 6.45) is 2.34. The van der Waals surface area contributed by atoms with E-state index in [2.05, 4.69) is 9.17 Å². The maximum atomic E-state index is 12.5. The zero-order valence-electron chi connectivity index (χ0n) is 11.5. The molecule has 2 rings (SSSR count). The minimum Gasteiger partial charge on any atom is -0.357 e. The van der Waals surface area contributed by atoms with Crippen molar-refractivity contribution in [3.63, 3.8) is 0 Å². The molecule has 2 heterocycles.